The third-order valence-electron chi connectivity index (χ3n) is 4.45. The summed E-state index contributed by atoms with van der Waals surface area (Å²) in [5.74, 6) is 0.949. The lowest BCUT2D eigenvalue weighted by atomic mass is 9.93. The van der Waals surface area contributed by atoms with E-state index in [1.807, 2.05) is 0 Å². The molecule has 2 heteroatoms. The summed E-state index contributed by atoms with van der Waals surface area (Å²) in [4.78, 5) is 2.58. The van der Waals surface area contributed by atoms with Crippen LogP contribution in [0.25, 0.3) is 0 Å². The van der Waals surface area contributed by atoms with Gasteiger partial charge in [-0.05, 0) is 57.8 Å². The molecule has 0 unspecified atom stereocenters. The molecule has 16 heavy (non-hydrogen) atoms. The monoisotopic (exact) mass is 224 g/mol. The highest BCUT2D eigenvalue weighted by atomic mass is 15.1. The zero-order chi connectivity index (χ0) is 11.2. The molecule has 2 rings (SSSR count). The summed E-state index contributed by atoms with van der Waals surface area (Å²) in [5, 5.41) is 3.81. The van der Waals surface area contributed by atoms with E-state index in [0.29, 0.717) is 0 Å². The molecular formula is C14H28N2. The first-order valence-corrected chi connectivity index (χ1v) is 7.34. The van der Waals surface area contributed by atoms with Crippen LogP contribution in [-0.4, -0.2) is 37.1 Å². The molecule has 2 aliphatic rings. The van der Waals surface area contributed by atoms with Crippen LogP contribution in [0.1, 0.15) is 51.9 Å². The molecule has 94 valence electrons. The van der Waals surface area contributed by atoms with Crippen molar-refractivity contribution < 1.29 is 0 Å². The third kappa shape index (κ3) is 3.74. The Bertz CT molecular complexity index is 179. The maximum atomic E-state index is 3.81. The zero-order valence-corrected chi connectivity index (χ0v) is 10.9. The Morgan fingerprint density at radius 2 is 1.69 bits per heavy atom. The van der Waals surface area contributed by atoms with Gasteiger partial charge in [0, 0.05) is 6.04 Å². The Morgan fingerprint density at radius 3 is 2.31 bits per heavy atom. The van der Waals surface area contributed by atoms with Gasteiger partial charge in [0.1, 0.15) is 0 Å². The van der Waals surface area contributed by atoms with E-state index in [4.69, 9.17) is 0 Å². The summed E-state index contributed by atoms with van der Waals surface area (Å²) >= 11 is 0. The number of hydrogen-bond acceptors (Lipinski definition) is 2. The minimum atomic E-state index is 0.845. The van der Waals surface area contributed by atoms with Crippen molar-refractivity contribution in [2.45, 2.75) is 57.9 Å². The van der Waals surface area contributed by atoms with Gasteiger partial charge in [0.2, 0.25) is 0 Å². The second-order valence-electron chi connectivity index (χ2n) is 5.62. The Morgan fingerprint density at radius 1 is 1.00 bits per heavy atom. The Kier molecular flexibility index (Phi) is 5.11. The molecule has 0 atom stereocenters. The summed E-state index contributed by atoms with van der Waals surface area (Å²) in [6, 6.07) is 0.845. The number of nitrogens with one attached hydrogen (secondary N) is 1. The standard InChI is InChI=1S/C14H28N2/c1-2-16-10-8-13(9-11-16)12-15-14-6-4-3-5-7-14/h13-15H,2-12H2,1H3. The van der Waals surface area contributed by atoms with E-state index in [1.54, 1.807) is 0 Å². The lowest BCUT2D eigenvalue weighted by Crippen LogP contribution is -2.40. The highest BCUT2D eigenvalue weighted by Gasteiger charge is 2.19. The minimum absolute atomic E-state index is 0.845. The fourth-order valence-corrected chi connectivity index (χ4v) is 3.15. The van der Waals surface area contributed by atoms with E-state index < -0.39 is 0 Å². The second-order valence-corrected chi connectivity index (χ2v) is 5.62. The molecule has 1 aliphatic heterocycles. The Labute approximate surface area is 101 Å². The van der Waals surface area contributed by atoms with Crippen molar-refractivity contribution >= 4 is 0 Å². The van der Waals surface area contributed by atoms with Crippen LogP contribution in [0.2, 0.25) is 0 Å². The lowest BCUT2D eigenvalue weighted by molar-refractivity contribution is 0.185. The fourth-order valence-electron chi connectivity index (χ4n) is 3.15. The molecule has 1 saturated carbocycles. The van der Waals surface area contributed by atoms with Crippen molar-refractivity contribution in [3.05, 3.63) is 0 Å². The van der Waals surface area contributed by atoms with Gasteiger partial charge in [0.05, 0.1) is 0 Å². The van der Waals surface area contributed by atoms with Crippen molar-refractivity contribution in [3.63, 3.8) is 0 Å². The van der Waals surface area contributed by atoms with Crippen LogP contribution in [0.3, 0.4) is 0 Å². The van der Waals surface area contributed by atoms with Crippen molar-refractivity contribution in [2.75, 3.05) is 26.2 Å². The average molecular weight is 224 g/mol. The van der Waals surface area contributed by atoms with Crippen LogP contribution in [0.15, 0.2) is 0 Å². The smallest absolute Gasteiger partial charge is 0.00671 e. The topological polar surface area (TPSA) is 15.3 Å². The number of hydrogen-bond donors (Lipinski definition) is 1. The van der Waals surface area contributed by atoms with E-state index >= 15 is 0 Å². The van der Waals surface area contributed by atoms with Crippen molar-refractivity contribution in [2.24, 2.45) is 5.92 Å². The number of nitrogens with zero attached hydrogens (tertiary/aromatic N) is 1. The molecule has 0 aromatic carbocycles. The van der Waals surface area contributed by atoms with Crippen molar-refractivity contribution in [3.8, 4) is 0 Å². The van der Waals surface area contributed by atoms with E-state index in [9.17, 15) is 0 Å². The van der Waals surface area contributed by atoms with Crippen LogP contribution in [-0.2, 0) is 0 Å². The second kappa shape index (κ2) is 6.61. The normalized spacial score (nSPS) is 26.1. The summed E-state index contributed by atoms with van der Waals surface area (Å²) in [7, 11) is 0. The van der Waals surface area contributed by atoms with Gasteiger partial charge in [-0.1, -0.05) is 26.2 Å². The molecule has 2 fully saturated rings. The van der Waals surface area contributed by atoms with Gasteiger partial charge in [-0.3, -0.25) is 0 Å². The van der Waals surface area contributed by atoms with Gasteiger partial charge in [-0.25, -0.2) is 0 Å². The Hall–Kier alpha value is -0.0800. The number of rotatable bonds is 4. The molecule has 1 heterocycles. The van der Waals surface area contributed by atoms with Gasteiger partial charge in [-0.2, -0.15) is 0 Å². The van der Waals surface area contributed by atoms with Crippen LogP contribution in [0, 0.1) is 5.92 Å². The van der Waals surface area contributed by atoms with E-state index in [0.717, 1.165) is 12.0 Å². The molecule has 2 nitrogen and oxygen atoms in total. The minimum Gasteiger partial charge on any atom is -0.314 e. The van der Waals surface area contributed by atoms with Gasteiger partial charge < -0.3 is 10.2 Å². The lowest BCUT2D eigenvalue weighted by Gasteiger charge is -2.32. The molecule has 0 amide bonds. The maximum absolute atomic E-state index is 3.81. The van der Waals surface area contributed by atoms with Gasteiger partial charge >= 0.3 is 0 Å². The summed E-state index contributed by atoms with van der Waals surface area (Å²) in [5.41, 5.74) is 0. The molecule has 1 N–H and O–H groups in total. The van der Waals surface area contributed by atoms with Crippen LogP contribution >= 0.6 is 0 Å². The molecule has 1 aliphatic carbocycles. The predicted octanol–water partition coefficient (Wildman–Crippen LogP) is 2.64. The molecule has 0 spiro atoms. The fraction of sp³-hybridized carbons (Fsp3) is 1.00. The number of piperidine rings is 1. The molecule has 0 aromatic rings. The predicted molar refractivity (Wildman–Crippen MR) is 69.7 cm³/mol. The van der Waals surface area contributed by atoms with E-state index in [2.05, 4.69) is 17.1 Å². The first-order chi connectivity index (χ1) is 7.88. The largest absolute Gasteiger partial charge is 0.314 e. The van der Waals surface area contributed by atoms with Crippen molar-refractivity contribution in [1.29, 1.82) is 0 Å². The number of likely N-dealkylation sites (tertiary alicyclic amines) is 1. The molecule has 0 bridgehead atoms. The zero-order valence-electron chi connectivity index (χ0n) is 10.9. The van der Waals surface area contributed by atoms with Crippen LogP contribution in [0.4, 0.5) is 0 Å². The molecule has 1 saturated heterocycles. The SMILES string of the molecule is CCN1CCC(CNC2CCCCC2)CC1. The van der Waals surface area contributed by atoms with Gasteiger partial charge in [0.25, 0.3) is 0 Å². The molecule has 0 aromatic heterocycles. The van der Waals surface area contributed by atoms with E-state index in [1.165, 1.54) is 71.1 Å². The maximum Gasteiger partial charge on any atom is 0.00671 e. The van der Waals surface area contributed by atoms with Crippen molar-refractivity contribution in [1.82, 2.24) is 10.2 Å². The van der Waals surface area contributed by atoms with Crippen LogP contribution in [0.5, 0.6) is 0 Å². The van der Waals surface area contributed by atoms with E-state index in [-0.39, 0.29) is 0 Å². The molecule has 0 radical (unpaired) electrons. The first kappa shape index (κ1) is 12.4. The average Bonchev–Trinajstić information content (AvgIpc) is 2.38. The third-order valence-corrected chi connectivity index (χ3v) is 4.45. The Balaban J connectivity index is 1.59. The highest BCUT2D eigenvalue weighted by Crippen LogP contribution is 2.20. The summed E-state index contributed by atoms with van der Waals surface area (Å²) in [6.07, 6.45) is 10.0. The van der Waals surface area contributed by atoms with Crippen LogP contribution < -0.4 is 5.32 Å². The molecular weight excluding hydrogens is 196 g/mol. The quantitative estimate of drug-likeness (QED) is 0.790. The summed E-state index contributed by atoms with van der Waals surface area (Å²) in [6.45, 7) is 7.45. The van der Waals surface area contributed by atoms with Gasteiger partial charge in [-0.15, -0.1) is 0 Å². The summed E-state index contributed by atoms with van der Waals surface area (Å²) < 4.78 is 0. The first-order valence-electron chi connectivity index (χ1n) is 7.34. The highest BCUT2D eigenvalue weighted by molar-refractivity contribution is 4.77. The van der Waals surface area contributed by atoms with Gasteiger partial charge in [0.15, 0.2) is 0 Å².